The fourth-order valence-electron chi connectivity index (χ4n) is 2.10. The lowest BCUT2D eigenvalue weighted by Crippen LogP contribution is -2.24. The number of benzene rings is 1. The number of fused-ring (bicyclic) bond motifs is 1. The number of carbonyl (C=O) groups is 1. The molecule has 0 fully saturated rings. The van der Waals surface area contributed by atoms with Crippen LogP contribution in [-0.2, 0) is 11.3 Å². The molecule has 0 saturated heterocycles. The molecule has 2 heterocycles. The lowest BCUT2D eigenvalue weighted by molar-refractivity contribution is 0.0486. The van der Waals surface area contributed by atoms with Gasteiger partial charge in [0, 0.05) is 6.20 Å². The lowest BCUT2D eigenvalue weighted by atomic mass is 10.1. The average molecular weight is 308 g/mol. The minimum Gasteiger partial charge on any atom is -0.460 e. The smallest absolute Gasteiger partial charge is 0.350 e. The van der Waals surface area contributed by atoms with E-state index in [1.807, 2.05) is 6.07 Å². The van der Waals surface area contributed by atoms with Gasteiger partial charge in [0.1, 0.15) is 6.61 Å². The van der Waals surface area contributed by atoms with Crippen molar-refractivity contribution >= 4 is 11.6 Å². The lowest BCUT2D eigenvalue weighted by Gasteiger charge is -2.04. The zero-order valence-electron chi connectivity index (χ0n) is 12.0. The van der Waals surface area contributed by atoms with E-state index in [0.29, 0.717) is 16.8 Å². The molecule has 0 bridgehead atoms. The molecule has 0 atom stereocenters. The van der Waals surface area contributed by atoms with Gasteiger partial charge in [0.15, 0.2) is 5.65 Å². The van der Waals surface area contributed by atoms with Gasteiger partial charge in [-0.1, -0.05) is 6.07 Å². The number of aromatic nitrogens is 3. The number of ether oxygens (including phenoxy) is 1. The number of carbonyl (C=O) groups excluding carboxylic acids is 1. The van der Waals surface area contributed by atoms with E-state index in [0.717, 1.165) is 0 Å². The number of hydrogen-bond donors (Lipinski definition) is 0. The van der Waals surface area contributed by atoms with Crippen LogP contribution in [0.4, 0.5) is 0 Å². The highest BCUT2D eigenvalue weighted by Gasteiger charge is 2.09. The Hall–Kier alpha value is -3.40. The van der Waals surface area contributed by atoms with Crippen LogP contribution in [0, 0.1) is 11.3 Å². The average Bonchev–Trinajstić information content (AvgIpc) is 2.91. The Morgan fingerprint density at radius 2 is 2.00 bits per heavy atom. The fraction of sp³-hybridized carbons (Fsp3) is 0.125. The number of nitrogens with zero attached hydrogens (tertiary/aromatic N) is 4. The third kappa shape index (κ3) is 2.96. The van der Waals surface area contributed by atoms with Crippen LogP contribution in [-0.4, -0.2) is 26.8 Å². The Labute approximate surface area is 131 Å². The fourth-order valence-corrected chi connectivity index (χ4v) is 2.10. The van der Waals surface area contributed by atoms with Gasteiger partial charge in [0.25, 0.3) is 0 Å². The highest BCUT2D eigenvalue weighted by Crippen LogP contribution is 2.05. The van der Waals surface area contributed by atoms with E-state index in [1.54, 1.807) is 36.5 Å². The molecule has 0 unspecified atom stereocenters. The molecule has 0 radical (unpaired) electrons. The molecule has 0 amide bonds. The first-order valence-corrected chi connectivity index (χ1v) is 6.90. The van der Waals surface area contributed by atoms with Crippen LogP contribution in [0.5, 0.6) is 0 Å². The second kappa shape index (κ2) is 6.15. The summed E-state index contributed by atoms with van der Waals surface area (Å²) in [6, 6.07) is 13.4. The van der Waals surface area contributed by atoms with Crippen molar-refractivity contribution in [3.8, 4) is 6.07 Å². The van der Waals surface area contributed by atoms with Crippen molar-refractivity contribution in [1.29, 1.82) is 5.26 Å². The third-order valence-corrected chi connectivity index (χ3v) is 3.27. The predicted molar refractivity (Wildman–Crippen MR) is 80.9 cm³/mol. The van der Waals surface area contributed by atoms with Crippen LogP contribution in [0.3, 0.4) is 0 Å². The molecule has 0 saturated carbocycles. The quantitative estimate of drug-likeness (QED) is 0.676. The summed E-state index contributed by atoms with van der Waals surface area (Å²) in [6.45, 7) is 0.200. The Bertz CT molecular complexity index is 948. The Balaban J connectivity index is 1.64. The first kappa shape index (κ1) is 14.5. The van der Waals surface area contributed by atoms with Gasteiger partial charge in [0.2, 0.25) is 0 Å². The van der Waals surface area contributed by atoms with Crippen LogP contribution < -0.4 is 5.69 Å². The standard InChI is InChI=1S/C16H12N4O3/c17-11-12-4-6-13(7-5-12)15(21)23-10-9-20-16(22)19-8-2-1-3-14(19)18-20/h1-8H,9-10H2. The highest BCUT2D eigenvalue weighted by molar-refractivity contribution is 5.89. The molecule has 0 N–H and O–H groups in total. The molecular formula is C16H12N4O3. The molecule has 23 heavy (non-hydrogen) atoms. The molecule has 0 aliphatic heterocycles. The van der Waals surface area contributed by atoms with Crippen molar-refractivity contribution in [3.05, 3.63) is 70.3 Å². The second-order valence-corrected chi connectivity index (χ2v) is 4.76. The Kier molecular flexibility index (Phi) is 3.89. The molecule has 114 valence electrons. The molecule has 2 aromatic heterocycles. The van der Waals surface area contributed by atoms with E-state index < -0.39 is 5.97 Å². The summed E-state index contributed by atoms with van der Waals surface area (Å²) in [4.78, 5) is 23.9. The van der Waals surface area contributed by atoms with Crippen LogP contribution in [0.1, 0.15) is 15.9 Å². The van der Waals surface area contributed by atoms with Crippen LogP contribution in [0.25, 0.3) is 5.65 Å². The number of esters is 1. The first-order chi connectivity index (χ1) is 11.2. The molecule has 0 spiro atoms. The third-order valence-electron chi connectivity index (χ3n) is 3.27. The summed E-state index contributed by atoms with van der Waals surface area (Å²) in [5, 5.41) is 12.9. The van der Waals surface area contributed by atoms with Gasteiger partial charge in [-0.3, -0.25) is 4.40 Å². The molecular weight excluding hydrogens is 296 g/mol. The van der Waals surface area contributed by atoms with E-state index in [9.17, 15) is 9.59 Å². The van der Waals surface area contributed by atoms with Crippen molar-refractivity contribution in [2.75, 3.05) is 6.61 Å². The van der Waals surface area contributed by atoms with Crippen molar-refractivity contribution in [2.24, 2.45) is 0 Å². The van der Waals surface area contributed by atoms with Gasteiger partial charge in [-0.15, -0.1) is 5.10 Å². The largest absolute Gasteiger partial charge is 0.460 e. The number of pyridine rings is 1. The maximum atomic E-state index is 12.0. The summed E-state index contributed by atoms with van der Waals surface area (Å²) >= 11 is 0. The van der Waals surface area contributed by atoms with Gasteiger partial charge in [-0.2, -0.15) is 5.26 Å². The van der Waals surface area contributed by atoms with E-state index in [-0.39, 0.29) is 18.8 Å². The van der Waals surface area contributed by atoms with E-state index in [1.165, 1.54) is 21.2 Å². The van der Waals surface area contributed by atoms with E-state index >= 15 is 0 Å². The zero-order valence-corrected chi connectivity index (χ0v) is 12.0. The minimum absolute atomic E-state index is 0.0304. The molecule has 7 nitrogen and oxygen atoms in total. The summed E-state index contributed by atoms with van der Waals surface area (Å²) in [6.07, 6.45) is 1.63. The van der Waals surface area contributed by atoms with Gasteiger partial charge < -0.3 is 4.74 Å². The molecule has 1 aromatic carbocycles. The number of nitriles is 1. The summed E-state index contributed by atoms with van der Waals surface area (Å²) in [7, 11) is 0. The van der Waals surface area contributed by atoms with E-state index in [4.69, 9.17) is 10.00 Å². The Morgan fingerprint density at radius 1 is 1.22 bits per heavy atom. The normalized spacial score (nSPS) is 10.4. The van der Waals surface area contributed by atoms with Gasteiger partial charge in [-0.25, -0.2) is 14.3 Å². The zero-order chi connectivity index (χ0) is 16.2. The SMILES string of the molecule is N#Cc1ccc(C(=O)OCCn2nc3ccccn3c2=O)cc1. The summed E-state index contributed by atoms with van der Waals surface area (Å²) in [5.74, 6) is -0.508. The van der Waals surface area contributed by atoms with Crippen LogP contribution >= 0.6 is 0 Å². The first-order valence-electron chi connectivity index (χ1n) is 6.90. The maximum Gasteiger partial charge on any atom is 0.350 e. The topological polar surface area (TPSA) is 89.4 Å². The monoisotopic (exact) mass is 308 g/mol. The number of rotatable bonds is 4. The molecule has 3 aromatic rings. The molecule has 0 aliphatic rings. The van der Waals surface area contributed by atoms with Gasteiger partial charge in [0.05, 0.1) is 23.7 Å². The van der Waals surface area contributed by atoms with Crippen molar-refractivity contribution in [2.45, 2.75) is 6.54 Å². The van der Waals surface area contributed by atoms with Gasteiger partial charge in [-0.05, 0) is 36.4 Å². The maximum absolute atomic E-state index is 12.0. The highest BCUT2D eigenvalue weighted by atomic mass is 16.5. The van der Waals surface area contributed by atoms with Crippen molar-refractivity contribution < 1.29 is 9.53 Å². The van der Waals surface area contributed by atoms with Crippen LogP contribution in [0.2, 0.25) is 0 Å². The molecule has 3 rings (SSSR count). The second-order valence-electron chi connectivity index (χ2n) is 4.76. The van der Waals surface area contributed by atoms with Crippen LogP contribution in [0.15, 0.2) is 53.5 Å². The predicted octanol–water partition coefficient (Wildman–Crippen LogP) is 1.22. The van der Waals surface area contributed by atoms with E-state index in [2.05, 4.69) is 5.10 Å². The van der Waals surface area contributed by atoms with Gasteiger partial charge >= 0.3 is 11.7 Å². The summed E-state index contributed by atoms with van der Waals surface area (Å²) in [5.41, 5.74) is 1.08. The molecule has 0 aliphatic carbocycles. The van der Waals surface area contributed by atoms with Crippen molar-refractivity contribution in [3.63, 3.8) is 0 Å². The minimum atomic E-state index is -0.508. The molecule has 7 heteroatoms. The number of hydrogen-bond acceptors (Lipinski definition) is 5. The summed E-state index contributed by atoms with van der Waals surface area (Å²) < 4.78 is 7.80. The Morgan fingerprint density at radius 3 is 2.70 bits per heavy atom. The van der Waals surface area contributed by atoms with Crippen molar-refractivity contribution in [1.82, 2.24) is 14.2 Å².